The van der Waals surface area contributed by atoms with Crippen molar-refractivity contribution in [2.75, 3.05) is 11.1 Å². The van der Waals surface area contributed by atoms with Crippen molar-refractivity contribution in [2.24, 2.45) is 0 Å². The summed E-state index contributed by atoms with van der Waals surface area (Å²) < 4.78 is 0. The molecule has 2 rings (SSSR count). The molecule has 0 fully saturated rings. The number of nitrogens with two attached hydrogens (primary N) is 1. The van der Waals surface area contributed by atoms with Crippen LogP contribution in [0.2, 0.25) is 0 Å². The monoisotopic (exact) mass is 241 g/mol. The van der Waals surface area contributed by atoms with Crippen LogP contribution in [0, 0.1) is 13.8 Å². The first-order chi connectivity index (χ1) is 8.54. The maximum absolute atomic E-state index is 12.0. The van der Waals surface area contributed by atoms with Crippen LogP contribution >= 0.6 is 0 Å². The van der Waals surface area contributed by atoms with Gasteiger partial charge in [-0.2, -0.15) is 0 Å². The number of hydrogen-bond donors (Lipinski definition) is 2. The van der Waals surface area contributed by atoms with E-state index >= 15 is 0 Å². The first kappa shape index (κ1) is 12.1. The summed E-state index contributed by atoms with van der Waals surface area (Å²) in [7, 11) is 0. The Bertz CT molecular complexity index is 573. The smallest absolute Gasteiger partial charge is 0.256 e. The van der Waals surface area contributed by atoms with Crippen LogP contribution in [0.3, 0.4) is 0 Å². The summed E-state index contributed by atoms with van der Waals surface area (Å²) in [5, 5.41) is 2.75. The van der Waals surface area contributed by atoms with E-state index < -0.39 is 0 Å². The van der Waals surface area contributed by atoms with Gasteiger partial charge in [0.15, 0.2) is 0 Å². The van der Waals surface area contributed by atoms with E-state index in [1.54, 1.807) is 18.2 Å². The summed E-state index contributed by atoms with van der Waals surface area (Å²) in [6.07, 6.45) is 0. The number of aromatic nitrogens is 1. The molecule has 4 heteroatoms. The molecule has 1 aromatic heterocycles. The van der Waals surface area contributed by atoms with Crippen LogP contribution in [0.4, 0.5) is 11.5 Å². The first-order valence-corrected chi connectivity index (χ1v) is 5.67. The molecule has 4 nitrogen and oxygen atoms in total. The fraction of sp³-hybridized carbons (Fsp3) is 0.143. The van der Waals surface area contributed by atoms with E-state index in [9.17, 15) is 4.79 Å². The number of anilines is 2. The lowest BCUT2D eigenvalue weighted by atomic mass is 10.1. The maximum atomic E-state index is 12.0. The Kier molecular flexibility index (Phi) is 3.28. The maximum Gasteiger partial charge on any atom is 0.256 e. The molecule has 1 aromatic carbocycles. The molecule has 0 aliphatic rings. The normalized spacial score (nSPS) is 10.1. The second-order valence-electron chi connectivity index (χ2n) is 4.25. The van der Waals surface area contributed by atoms with Crippen molar-refractivity contribution < 1.29 is 4.79 Å². The molecular formula is C14H15N3O. The predicted molar refractivity (Wildman–Crippen MR) is 72.5 cm³/mol. The molecular weight excluding hydrogens is 226 g/mol. The minimum atomic E-state index is -0.205. The van der Waals surface area contributed by atoms with E-state index in [-0.39, 0.29) is 5.91 Å². The number of nitrogen functional groups attached to an aromatic ring is 1. The topological polar surface area (TPSA) is 68.0 Å². The fourth-order valence-electron chi connectivity index (χ4n) is 1.74. The zero-order valence-electron chi connectivity index (χ0n) is 10.4. The van der Waals surface area contributed by atoms with Gasteiger partial charge < -0.3 is 11.1 Å². The number of nitrogens with one attached hydrogen (secondary N) is 1. The van der Waals surface area contributed by atoms with Gasteiger partial charge in [0.2, 0.25) is 0 Å². The van der Waals surface area contributed by atoms with Crippen molar-refractivity contribution in [3.05, 3.63) is 53.2 Å². The molecule has 0 spiro atoms. The highest BCUT2D eigenvalue weighted by Gasteiger charge is 2.08. The van der Waals surface area contributed by atoms with Crippen molar-refractivity contribution >= 4 is 17.4 Å². The van der Waals surface area contributed by atoms with Gasteiger partial charge in [-0.25, -0.2) is 4.98 Å². The number of amides is 1. The molecule has 2 aromatic rings. The van der Waals surface area contributed by atoms with Gasteiger partial charge >= 0.3 is 0 Å². The molecule has 0 saturated carbocycles. The third-order valence-electron chi connectivity index (χ3n) is 2.49. The summed E-state index contributed by atoms with van der Waals surface area (Å²) in [6.45, 7) is 3.78. The van der Waals surface area contributed by atoms with Crippen molar-refractivity contribution in [1.29, 1.82) is 0 Å². The highest BCUT2D eigenvalue weighted by molar-refractivity contribution is 6.04. The average Bonchev–Trinajstić information content (AvgIpc) is 2.27. The SMILES string of the molecule is Cc1cc(N)cc(C(=O)Nc2cccc(C)n2)c1. The van der Waals surface area contributed by atoms with Crippen LogP contribution in [0.5, 0.6) is 0 Å². The van der Waals surface area contributed by atoms with E-state index in [2.05, 4.69) is 10.3 Å². The molecule has 3 N–H and O–H groups in total. The Morgan fingerprint density at radius 1 is 1.22 bits per heavy atom. The highest BCUT2D eigenvalue weighted by Crippen LogP contribution is 2.13. The number of carbonyl (C=O) groups is 1. The van der Waals surface area contributed by atoms with E-state index in [0.717, 1.165) is 11.3 Å². The van der Waals surface area contributed by atoms with E-state index in [1.165, 1.54) is 0 Å². The summed E-state index contributed by atoms with van der Waals surface area (Å²) >= 11 is 0. The number of rotatable bonds is 2. The van der Waals surface area contributed by atoms with Crippen molar-refractivity contribution in [3.8, 4) is 0 Å². The molecule has 0 saturated heterocycles. The van der Waals surface area contributed by atoms with Gasteiger partial charge in [0.05, 0.1) is 0 Å². The molecule has 0 atom stereocenters. The molecule has 1 heterocycles. The Morgan fingerprint density at radius 2 is 2.00 bits per heavy atom. The van der Waals surface area contributed by atoms with Crippen LogP contribution in [-0.2, 0) is 0 Å². The second-order valence-corrected chi connectivity index (χ2v) is 4.25. The Morgan fingerprint density at radius 3 is 2.67 bits per heavy atom. The second kappa shape index (κ2) is 4.87. The van der Waals surface area contributed by atoms with Gasteiger partial charge in [-0.05, 0) is 49.7 Å². The zero-order chi connectivity index (χ0) is 13.1. The van der Waals surface area contributed by atoms with E-state index in [1.807, 2.05) is 32.0 Å². The summed E-state index contributed by atoms with van der Waals surface area (Å²) in [5.74, 6) is 0.337. The lowest BCUT2D eigenvalue weighted by Gasteiger charge is -2.06. The summed E-state index contributed by atoms with van der Waals surface area (Å²) in [6, 6.07) is 10.7. The van der Waals surface area contributed by atoms with E-state index in [0.29, 0.717) is 17.1 Å². The van der Waals surface area contributed by atoms with Gasteiger partial charge in [-0.3, -0.25) is 4.79 Å². The summed E-state index contributed by atoms with van der Waals surface area (Å²) in [4.78, 5) is 16.2. The third kappa shape index (κ3) is 2.85. The Hall–Kier alpha value is -2.36. The molecule has 92 valence electrons. The fourth-order valence-corrected chi connectivity index (χ4v) is 1.74. The zero-order valence-corrected chi connectivity index (χ0v) is 10.4. The van der Waals surface area contributed by atoms with E-state index in [4.69, 9.17) is 5.73 Å². The van der Waals surface area contributed by atoms with Crippen LogP contribution in [0.25, 0.3) is 0 Å². The van der Waals surface area contributed by atoms with Crippen LogP contribution in [0.15, 0.2) is 36.4 Å². The lowest BCUT2D eigenvalue weighted by molar-refractivity contribution is 0.102. The van der Waals surface area contributed by atoms with Crippen molar-refractivity contribution in [1.82, 2.24) is 4.98 Å². The number of pyridine rings is 1. The minimum Gasteiger partial charge on any atom is -0.399 e. The number of aryl methyl sites for hydroxylation is 2. The Labute approximate surface area is 106 Å². The van der Waals surface area contributed by atoms with Crippen LogP contribution in [0.1, 0.15) is 21.6 Å². The molecule has 1 amide bonds. The van der Waals surface area contributed by atoms with Gasteiger partial charge in [-0.1, -0.05) is 6.07 Å². The standard InChI is InChI=1S/C14H15N3O/c1-9-6-11(8-12(15)7-9)14(18)17-13-5-3-4-10(2)16-13/h3-8H,15H2,1-2H3,(H,16,17,18). The number of nitrogens with zero attached hydrogens (tertiary/aromatic N) is 1. The lowest BCUT2D eigenvalue weighted by Crippen LogP contribution is -2.13. The van der Waals surface area contributed by atoms with Crippen LogP contribution in [-0.4, -0.2) is 10.9 Å². The van der Waals surface area contributed by atoms with Gasteiger partial charge in [0, 0.05) is 16.9 Å². The highest BCUT2D eigenvalue weighted by atomic mass is 16.1. The molecule has 0 radical (unpaired) electrons. The molecule has 0 unspecified atom stereocenters. The number of carbonyl (C=O) groups excluding carboxylic acids is 1. The molecule has 0 bridgehead atoms. The Balaban J connectivity index is 2.22. The molecule has 18 heavy (non-hydrogen) atoms. The first-order valence-electron chi connectivity index (χ1n) is 5.67. The largest absolute Gasteiger partial charge is 0.399 e. The predicted octanol–water partition coefficient (Wildman–Crippen LogP) is 2.53. The van der Waals surface area contributed by atoms with Crippen molar-refractivity contribution in [2.45, 2.75) is 13.8 Å². The quantitative estimate of drug-likeness (QED) is 0.794. The third-order valence-corrected chi connectivity index (χ3v) is 2.49. The van der Waals surface area contributed by atoms with Crippen molar-refractivity contribution in [3.63, 3.8) is 0 Å². The molecule has 0 aliphatic heterocycles. The average molecular weight is 241 g/mol. The molecule has 0 aliphatic carbocycles. The number of hydrogen-bond acceptors (Lipinski definition) is 3. The van der Waals surface area contributed by atoms with Crippen LogP contribution < -0.4 is 11.1 Å². The van der Waals surface area contributed by atoms with Gasteiger partial charge in [-0.15, -0.1) is 0 Å². The number of benzene rings is 1. The van der Waals surface area contributed by atoms with Gasteiger partial charge in [0.25, 0.3) is 5.91 Å². The minimum absolute atomic E-state index is 0.205. The summed E-state index contributed by atoms with van der Waals surface area (Å²) in [5.41, 5.74) is 8.65. The van der Waals surface area contributed by atoms with Gasteiger partial charge in [0.1, 0.15) is 5.82 Å².